The van der Waals surface area contributed by atoms with E-state index >= 15 is 0 Å². The summed E-state index contributed by atoms with van der Waals surface area (Å²) in [6.45, 7) is 2.11. The zero-order valence-electron chi connectivity index (χ0n) is 17.4. The molecule has 31 heavy (non-hydrogen) atoms. The highest BCUT2D eigenvalue weighted by atomic mass is 16.5. The number of nitrogens with zero attached hydrogens (tertiary/aromatic N) is 2. The van der Waals surface area contributed by atoms with E-state index < -0.39 is 0 Å². The second-order valence-electron chi connectivity index (χ2n) is 7.64. The van der Waals surface area contributed by atoms with E-state index in [0.29, 0.717) is 12.2 Å². The SMILES string of the molecule is O=C(/C=C/c1ccc(OCc2ccccn2)cc1)c1ccc(N2CCC(O)CC2)cc1. The predicted molar refractivity (Wildman–Crippen MR) is 122 cm³/mol. The molecule has 0 spiro atoms. The summed E-state index contributed by atoms with van der Waals surface area (Å²) in [6.07, 6.45) is 6.53. The van der Waals surface area contributed by atoms with Crippen LogP contribution < -0.4 is 9.64 Å². The second kappa shape index (κ2) is 10.0. The lowest BCUT2D eigenvalue weighted by Crippen LogP contribution is -2.35. The first-order valence-electron chi connectivity index (χ1n) is 10.6. The number of piperidine rings is 1. The van der Waals surface area contributed by atoms with Gasteiger partial charge in [0.1, 0.15) is 12.4 Å². The van der Waals surface area contributed by atoms with Crippen LogP contribution in [0.3, 0.4) is 0 Å². The Morgan fingerprint density at radius 1 is 1.03 bits per heavy atom. The second-order valence-corrected chi connectivity index (χ2v) is 7.64. The van der Waals surface area contributed by atoms with Crippen LogP contribution in [-0.2, 0) is 6.61 Å². The molecule has 1 fully saturated rings. The molecule has 2 aromatic carbocycles. The lowest BCUT2D eigenvalue weighted by atomic mass is 10.1. The van der Waals surface area contributed by atoms with Crippen molar-refractivity contribution < 1.29 is 14.6 Å². The molecule has 0 atom stereocenters. The summed E-state index contributed by atoms with van der Waals surface area (Å²) in [5.74, 6) is 0.728. The Bertz CT molecular complexity index is 1010. The maximum Gasteiger partial charge on any atom is 0.185 e. The topological polar surface area (TPSA) is 62.7 Å². The molecule has 0 amide bonds. The average molecular weight is 415 g/mol. The zero-order chi connectivity index (χ0) is 21.5. The van der Waals surface area contributed by atoms with Crippen LogP contribution in [0.25, 0.3) is 6.08 Å². The summed E-state index contributed by atoms with van der Waals surface area (Å²) in [7, 11) is 0. The first kappa shape index (κ1) is 20.8. The summed E-state index contributed by atoms with van der Waals surface area (Å²) in [5.41, 5.74) is 3.56. The maximum absolute atomic E-state index is 12.5. The van der Waals surface area contributed by atoms with Crippen molar-refractivity contribution in [2.75, 3.05) is 18.0 Å². The van der Waals surface area contributed by atoms with Crippen molar-refractivity contribution in [1.29, 1.82) is 0 Å². The van der Waals surface area contributed by atoms with Crippen molar-refractivity contribution in [3.63, 3.8) is 0 Å². The molecule has 158 valence electrons. The minimum absolute atomic E-state index is 0.0314. The summed E-state index contributed by atoms with van der Waals surface area (Å²) >= 11 is 0. The number of ketones is 1. The van der Waals surface area contributed by atoms with E-state index in [0.717, 1.165) is 48.6 Å². The van der Waals surface area contributed by atoms with Gasteiger partial charge in [-0.1, -0.05) is 24.3 Å². The summed E-state index contributed by atoms with van der Waals surface area (Å²) in [5, 5.41) is 9.64. The van der Waals surface area contributed by atoms with Crippen LogP contribution in [0.1, 0.15) is 34.5 Å². The van der Waals surface area contributed by atoms with E-state index in [1.807, 2.05) is 72.8 Å². The predicted octanol–water partition coefficient (Wildman–Crippen LogP) is 4.52. The fourth-order valence-electron chi connectivity index (χ4n) is 3.54. The van der Waals surface area contributed by atoms with E-state index in [1.165, 1.54) is 0 Å². The van der Waals surface area contributed by atoms with Crippen molar-refractivity contribution in [3.8, 4) is 5.75 Å². The standard InChI is InChI=1S/C26H26N2O3/c29-24-14-17-28(18-15-24)23-9-7-21(8-10-23)26(30)13-6-20-4-11-25(12-5-20)31-19-22-3-1-2-16-27-22/h1-13,16,24,29H,14-15,17-19H2/b13-6+. The van der Waals surface area contributed by atoms with Crippen LogP contribution in [0.15, 0.2) is 79.0 Å². The lowest BCUT2D eigenvalue weighted by Gasteiger charge is -2.31. The third-order valence-corrected chi connectivity index (χ3v) is 5.40. The molecular weight excluding hydrogens is 388 g/mol. The average Bonchev–Trinajstić information content (AvgIpc) is 2.83. The van der Waals surface area contributed by atoms with Gasteiger partial charge in [0.2, 0.25) is 0 Å². The van der Waals surface area contributed by atoms with E-state index in [2.05, 4.69) is 9.88 Å². The Hall–Kier alpha value is -3.44. The molecule has 0 unspecified atom stereocenters. The number of anilines is 1. The van der Waals surface area contributed by atoms with Crippen molar-refractivity contribution in [3.05, 3.63) is 95.8 Å². The van der Waals surface area contributed by atoms with Gasteiger partial charge in [-0.15, -0.1) is 0 Å². The number of aliphatic hydroxyl groups excluding tert-OH is 1. The first-order chi connectivity index (χ1) is 15.2. The number of carbonyl (C=O) groups excluding carboxylic acids is 1. The molecule has 1 aromatic heterocycles. The highest BCUT2D eigenvalue weighted by Crippen LogP contribution is 2.21. The smallest absolute Gasteiger partial charge is 0.185 e. The Morgan fingerprint density at radius 2 is 1.77 bits per heavy atom. The van der Waals surface area contributed by atoms with Crippen LogP contribution in [0.2, 0.25) is 0 Å². The van der Waals surface area contributed by atoms with Gasteiger partial charge in [-0.05, 0) is 73.0 Å². The van der Waals surface area contributed by atoms with Gasteiger partial charge in [0.15, 0.2) is 5.78 Å². The molecule has 3 aromatic rings. The molecule has 5 heteroatoms. The van der Waals surface area contributed by atoms with Gasteiger partial charge < -0.3 is 14.7 Å². The van der Waals surface area contributed by atoms with Gasteiger partial charge >= 0.3 is 0 Å². The Kier molecular flexibility index (Phi) is 6.75. The zero-order valence-corrected chi connectivity index (χ0v) is 17.4. The van der Waals surface area contributed by atoms with Gasteiger partial charge in [0.25, 0.3) is 0 Å². The molecule has 2 heterocycles. The Morgan fingerprint density at radius 3 is 2.45 bits per heavy atom. The van der Waals surface area contributed by atoms with Crippen LogP contribution >= 0.6 is 0 Å². The fraction of sp³-hybridized carbons (Fsp3) is 0.231. The molecule has 1 aliphatic rings. The maximum atomic E-state index is 12.5. The largest absolute Gasteiger partial charge is 0.487 e. The third-order valence-electron chi connectivity index (χ3n) is 5.40. The van der Waals surface area contributed by atoms with Crippen molar-refractivity contribution in [1.82, 2.24) is 4.98 Å². The van der Waals surface area contributed by atoms with Gasteiger partial charge in [-0.2, -0.15) is 0 Å². The van der Waals surface area contributed by atoms with Gasteiger partial charge in [0, 0.05) is 30.5 Å². The fourth-order valence-corrected chi connectivity index (χ4v) is 3.54. The van der Waals surface area contributed by atoms with Gasteiger partial charge in [-0.3, -0.25) is 9.78 Å². The quantitative estimate of drug-likeness (QED) is 0.455. The van der Waals surface area contributed by atoms with Gasteiger partial charge in [0.05, 0.1) is 11.8 Å². The molecule has 0 radical (unpaired) electrons. The number of aliphatic hydroxyl groups is 1. The molecule has 1 aliphatic heterocycles. The van der Waals surface area contributed by atoms with Crippen molar-refractivity contribution in [2.45, 2.75) is 25.6 Å². The van der Waals surface area contributed by atoms with E-state index in [9.17, 15) is 9.90 Å². The number of allylic oxidation sites excluding steroid dienone is 1. The number of pyridine rings is 1. The monoisotopic (exact) mass is 414 g/mol. The molecule has 4 rings (SSSR count). The van der Waals surface area contributed by atoms with Crippen molar-refractivity contribution >= 4 is 17.5 Å². The molecule has 0 aliphatic carbocycles. The van der Waals surface area contributed by atoms with Crippen LogP contribution in [-0.4, -0.2) is 35.1 Å². The number of rotatable bonds is 7. The minimum atomic E-state index is -0.191. The first-order valence-corrected chi connectivity index (χ1v) is 10.6. The van der Waals surface area contributed by atoms with Crippen LogP contribution in [0.4, 0.5) is 5.69 Å². The van der Waals surface area contributed by atoms with Gasteiger partial charge in [-0.25, -0.2) is 0 Å². The Labute approximate surface area is 182 Å². The Balaban J connectivity index is 1.31. The van der Waals surface area contributed by atoms with E-state index in [-0.39, 0.29) is 11.9 Å². The summed E-state index contributed by atoms with van der Waals surface area (Å²) in [4.78, 5) is 19.0. The number of benzene rings is 2. The molecule has 1 saturated heterocycles. The summed E-state index contributed by atoms with van der Waals surface area (Å²) < 4.78 is 5.74. The van der Waals surface area contributed by atoms with Crippen LogP contribution in [0, 0.1) is 0 Å². The molecule has 0 saturated carbocycles. The number of hydrogen-bond donors (Lipinski definition) is 1. The van der Waals surface area contributed by atoms with Crippen molar-refractivity contribution in [2.24, 2.45) is 0 Å². The lowest BCUT2D eigenvalue weighted by molar-refractivity contribution is 0.104. The minimum Gasteiger partial charge on any atom is -0.487 e. The summed E-state index contributed by atoms with van der Waals surface area (Å²) in [6, 6.07) is 21.0. The number of carbonyl (C=O) groups is 1. The molecule has 1 N–H and O–H groups in total. The third kappa shape index (κ3) is 5.80. The molecule has 5 nitrogen and oxygen atoms in total. The molecular formula is C26H26N2O3. The number of hydrogen-bond acceptors (Lipinski definition) is 5. The highest BCUT2D eigenvalue weighted by Gasteiger charge is 2.17. The highest BCUT2D eigenvalue weighted by molar-refractivity contribution is 6.07. The van der Waals surface area contributed by atoms with Crippen LogP contribution in [0.5, 0.6) is 5.75 Å². The van der Waals surface area contributed by atoms with E-state index in [1.54, 1.807) is 12.3 Å². The number of aromatic nitrogens is 1. The normalized spacial score (nSPS) is 14.7. The van der Waals surface area contributed by atoms with E-state index in [4.69, 9.17) is 4.74 Å². The molecule has 0 bridgehead atoms. The number of ether oxygens (including phenoxy) is 1.